The van der Waals surface area contributed by atoms with Gasteiger partial charge in [0.15, 0.2) is 0 Å². The molecule has 2 unspecified atom stereocenters. The Bertz CT molecular complexity index is 786. The van der Waals surface area contributed by atoms with Gasteiger partial charge in [0.25, 0.3) is 0 Å². The SMILES string of the molecule is CSCCC(NC(=O)C(NC(=O)N1CC(=O)Nc2ccccc21)C(C)C)C(=O)O. The van der Waals surface area contributed by atoms with E-state index >= 15 is 0 Å². The highest BCUT2D eigenvalue weighted by molar-refractivity contribution is 7.98. The summed E-state index contributed by atoms with van der Waals surface area (Å²) in [6, 6.07) is 4.28. The topological polar surface area (TPSA) is 128 Å². The van der Waals surface area contributed by atoms with Crippen LogP contribution in [0.2, 0.25) is 0 Å². The van der Waals surface area contributed by atoms with Crippen molar-refractivity contribution in [2.24, 2.45) is 5.92 Å². The number of nitrogens with zero attached hydrogens (tertiary/aromatic N) is 1. The van der Waals surface area contributed by atoms with Gasteiger partial charge in [0.1, 0.15) is 18.6 Å². The standard InChI is InChI=1S/C19H26N4O5S/c1-11(2)16(17(25)21-13(18(26)27)8-9-29-3)22-19(28)23-10-15(24)20-12-6-4-5-7-14(12)23/h4-7,11,13,16H,8-10H2,1-3H3,(H,20,24)(H,21,25)(H,22,28)(H,26,27). The highest BCUT2D eigenvalue weighted by Crippen LogP contribution is 2.28. The Labute approximate surface area is 173 Å². The zero-order valence-corrected chi connectivity index (χ0v) is 17.4. The lowest BCUT2D eigenvalue weighted by molar-refractivity contribution is -0.142. The number of carbonyl (C=O) groups is 4. The van der Waals surface area contributed by atoms with Crippen molar-refractivity contribution in [3.05, 3.63) is 24.3 Å². The van der Waals surface area contributed by atoms with E-state index in [0.717, 1.165) is 0 Å². The number of fused-ring (bicyclic) bond motifs is 1. The van der Waals surface area contributed by atoms with Crippen molar-refractivity contribution < 1.29 is 24.3 Å². The maximum Gasteiger partial charge on any atom is 0.326 e. The van der Waals surface area contributed by atoms with Crippen LogP contribution < -0.4 is 20.9 Å². The van der Waals surface area contributed by atoms with Gasteiger partial charge >= 0.3 is 12.0 Å². The molecule has 10 heteroatoms. The van der Waals surface area contributed by atoms with Crippen molar-refractivity contribution >= 4 is 47.0 Å². The maximum absolute atomic E-state index is 12.9. The van der Waals surface area contributed by atoms with Crippen molar-refractivity contribution in [3.63, 3.8) is 0 Å². The summed E-state index contributed by atoms with van der Waals surface area (Å²) in [4.78, 5) is 50.2. The molecule has 29 heavy (non-hydrogen) atoms. The van der Waals surface area contributed by atoms with Crippen LogP contribution in [0.4, 0.5) is 16.2 Å². The summed E-state index contributed by atoms with van der Waals surface area (Å²) >= 11 is 1.48. The smallest absolute Gasteiger partial charge is 0.326 e. The number of thioether (sulfide) groups is 1. The molecule has 158 valence electrons. The van der Waals surface area contributed by atoms with Crippen LogP contribution in [0.1, 0.15) is 20.3 Å². The molecule has 1 heterocycles. The van der Waals surface area contributed by atoms with Crippen LogP contribution in [0.25, 0.3) is 0 Å². The third-order valence-corrected chi connectivity index (χ3v) is 5.11. The van der Waals surface area contributed by atoms with E-state index in [1.54, 1.807) is 38.1 Å². The van der Waals surface area contributed by atoms with Crippen molar-refractivity contribution in [1.29, 1.82) is 0 Å². The molecule has 2 rings (SSSR count). The first kappa shape index (κ1) is 22.5. The van der Waals surface area contributed by atoms with Gasteiger partial charge in [-0.25, -0.2) is 9.59 Å². The Morgan fingerprint density at radius 3 is 2.55 bits per heavy atom. The average Bonchev–Trinajstić information content (AvgIpc) is 2.67. The van der Waals surface area contributed by atoms with E-state index in [4.69, 9.17) is 0 Å². The van der Waals surface area contributed by atoms with Crippen LogP contribution in [-0.4, -0.2) is 59.6 Å². The minimum absolute atomic E-state index is 0.180. The Balaban J connectivity index is 2.14. The Hall–Kier alpha value is -2.75. The lowest BCUT2D eigenvalue weighted by Crippen LogP contribution is -2.57. The Morgan fingerprint density at radius 2 is 1.93 bits per heavy atom. The zero-order chi connectivity index (χ0) is 21.6. The molecule has 0 aliphatic carbocycles. The summed E-state index contributed by atoms with van der Waals surface area (Å²) in [7, 11) is 0. The molecule has 0 spiro atoms. The second kappa shape index (κ2) is 10.1. The second-order valence-electron chi connectivity index (χ2n) is 7.00. The third kappa shape index (κ3) is 5.86. The molecule has 1 aromatic carbocycles. The fourth-order valence-corrected chi connectivity index (χ4v) is 3.39. The molecule has 1 aromatic rings. The zero-order valence-electron chi connectivity index (χ0n) is 16.6. The number of hydrogen-bond donors (Lipinski definition) is 4. The van der Waals surface area contributed by atoms with Gasteiger partial charge in [-0.1, -0.05) is 26.0 Å². The van der Waals surface area contributed by atoms with Crippen molar-refractivity contribution in [1.82, 2.24) is 10.6 Å². The van der Waals surface area contributed by atoms with Crippen molar-refractivity contribution in [2.45, 2.75) is 32.4 Å². The summed E-state index contributed by atoms with van der Waals surface area (Å²) in [6.45, 7) is 3.32. The molecule has 1 aliphatic heterocycles. The van der Waals surface area contributed by atoms with Crippen LogP contribution in [-0.2, 0) is 14.4 Å². The molecule has 9 nitrogen and oxygen atoms in total. The number of carboxylic acid groups (broad SMARTS) is 1. The van der Waals surface area contributed by atoms with E-state index in [-0.39, 0.29) is 24.8 Å². The number of hydrogen-bond acceptors (Lipinski definition) is 5. The Morgan fingerprint density at radius 1 is 1.24 bits per heavy atom. The van der Waals surface area contributed by atoms with Gasteiger partial charge in [0.05, 0.1) is 11.4 Å². The quantitative estimate of drug-likeness (QED) is 0.503. The summed E-state index contributed by atoms with van der Waals surface area (Å²) < 4.78 is 0. The number of nitrogens with one attached hydrogen (secondary N) is 3. The molecule has 0 radical (unpaired) electrons. The molecule has 0 bridgehead atoms. The maximum atomic E-state index is 12.9. The van der Waals surface area contributed by atoms with Gasteiger partial charge in [0.2, 0.25) is 11.8 Å². The molecular weight excluding hydrogens is 396 g/mol. The van der Waals surface area contributed by atoms with Crippen LogP contribution in [0.5, 0.6) is 0 Å². The molecule has 1 aliphatic rings. The minimum Gasteiger partial charge on any atom is -0.480 e. The third-order valence-electron chi connectivity index (χ3n) is 4.47. The van der Waals surface area contributed by atoms with Crippen LogP contribution in [0, 0.1) is 5.92 Å². The van der Waals surface area contributed by atoms with E-state index in [2.05, 4.69) is 16.0 Å². The van der Waals surface area contributed by atoms with Crippen LogP contribution >= 0.6 is 11.8 Å². The molecule has 0 aromatic heterocycles. The summed E-state index contributed by atoms with van der Waals surface area (Å²) in [5.41, 5.74) is 1.03. The lowest BCUT2D eigenvalue weighted by Gasteiger charge is -2.31. The van der Waals surface area contributed by atoms with Gasteiger partial charge in [-0.05, 0) is 36.5 Å². The summed E-state index contributed by atoms with van der Waals surface area (Å²) in [5.74, 6) is -1.75. The molecule has 0 saturated heterocycles. The molecular formula is C19H26N4O5S. The fraction of sp³-hybridized carbons (Fsp3) is 0.474. The van der Waals surface area contributed by atoms with Gasteiger partial charge in [0, 0.05) is 0 Å². The van der Waals surface area contributed by atoms with Gasteiger partial charge in [-0.2, -0.15) is 11.8 Å². The second-order valence-corrected chi connectivity index (χ2v) is 7.99. The average molecular weight is 423 g/mol. The number of carboxylic acids is 1. The number of benzene rings is 1. The number of aliphatic carboxylic acids is 1. The van der Waals surface area contributed by atoms with Crippen LogP contribution in [0.3, 0.4) is 0 Å². The first-order valence-corrected chi connectivity index (χ1v) is 10.6. The first-order valence-electron chi connectivity index (χ1n) is 9.23. The predicted octanol–water partition coefficient (Wildman–Crippen LogP) is 1.50. The van der Waals surface area contributed by atoms with Gasteiger partial charge in [-0.15, -0.1) is 0 Å². The van der Waals surface area contributed by atoms with Gasteiger partial charge < -0.3 is 21.1 Å². The molecule has 0 saturated carbocycles. The van der Waals surface area contributed by atoms with Crippen molar-refractivity contribution in [3.8, 4) is 0 Å². The first-order chi connectivity index (χ1) is 13.7. The normalized spacial score (nSPS) is 15.2. The number of anilines is 2. The van der Waals surface area contributed by atoms with Gasteiger partial charge in [-0.3, -0.25) is 14.5 Å². The highest BCUT2D eigenvalue weighted by Gasteiger charge is 2.32. The Kier molecular flexibility index (Phi) is 7.89. The lowest BCUT2D eigenvalue weighted by atomic mass is 10.0. The minimum atomic E-state index is -1.12. The largest absolute Gasteiger partial charge is 0.480 e. The molecule has 4 N–H and O–H groups in total. The number of amides is 4. The van der Waals surface area contributed by atoms with E-state index in [9.17, 15) is 24.3 Å². The number of rotatable bonds is 8. The molecule has 2 atom stereocenters. The number of para-hydroxylation sites is 2. The van der Waals surface area contributed by atoms with E-state index < -0.39 is 30.0 Å². The van der Waals surface area contributed by atoms with Crippen LogP contribution in [0.15, 0.2) is 24.3 Å². The monoisotopic (exact) mass is 422 g/mol. The molecule has 0 fully saturated rings. The predicted molar refractivity (Wildman–Crippen MR) is 112 cm³/mol. The highest BCUT2D eigenvalue weighted by atomic mass is 32.2. The van der Waals surface area contributed by atoms with E-state index in [0.29, 0.717) is 17.1 Å². The van der Waals surface area contributed by atoms with E-state index in [1.807, 2.05) is 6.26 Å². The summed E-state index contributed by atoms with van der Waals surface area (Å²) in [6.07, 6.45) is 2.13. The fourth-order valence-electron chi connectivity index (χ4n) is 2.91. The number of carbonyl (C=O) groups excluding carboxylic acids is 3. The number of urea groups is 1. The van der Waals surface area contributed by atoms with E-state index in [1.165, 1.54) is 16.7 Å². The molecule has 4 amide bonds. The van der Waals surface area contributed by atoms with Crippen molar-refractivity contribution in [2.75, 3.05) is 28.8 Å². The summed E-state index contributed by atoms with van der Waals surface area (Å²) in [5, 5.41) is 17.2.